The fourth-order valence-electron chi connectivity index (χ4n) is 3.18. The number of nitrogens with zero attached hydrogens (tertiary/aromatic N) is 3. The van der Waals surface area contributed by atoms with Crippen LogP contribution in [-0.2, 0) is 16.6 Å². The first-order valence-electron chi connectivity index (χ1n) is 7.98. The van der Waals surface area contributed by atoms with E-state index in [2.05, 4.69) is 31.2 Å². The number of aromatic nitrogens is 2. The zero-order valence-electron chi connectivity index (χ0n) is 13.6. The second-order valence-electron chi connectivity index (χ2n) is 7.17. The summed E-state index contributed by atoms with van der Waals surface area (Å²) in [6.07, 6.45) is 5.26. The highest BCUT2D eigenvalue weighted by atomic mass is 16.5. The molecule has 3 heterocycles. The molecule has 0 amide bonds. The molecule has 1 aliphatic rings. The van der Waals surface area contributed by atoms with Crippen LogP contribution in [0, 0.1) is 17.2 Å². The fraction of sp³-hybridized carbons (Fsp3) is 0.556. The van der Waals surface area contributed by atoms with Gasteiger partial charge in [0.2, 0.25) is 0 Å². The van der Waals surface area contributed by atoms with Crippen LogP contribution in [0.25, 0.3) is 5.65 Å². The van der Waals surface area contributed by atoms with E-state index in [1.165, 1.54) is 5.69 Å². The lowest BCUT2D eigenvalue weighted by molar-refractivity contribution is 0.0661. The summed E-state index contributed by atoms with van der Waals surface area (Å²) in [5.74, 6) is 0.658. The number of imidazole rings is 1. The molecule has 1 saturated heterocycles. The molecule has 0 atom stereocenters. The van der Waals surface area contributed by atoms with Crippen LogP contribution in [0.5, 0.6) is 0 Å². The molecule has 0 aromatic carbocycles. The van der Waals surface area contributed by atoms with Crippen molar-refractivity contribution in [3.63, 3.8) is 0 Å². The van der Waals surface area contributed by atoms with Gasteiger partial charge in [-0.3, -0.25) is 0 Å². The van der Waals surface area contributed by atoms with Crippen LogP contribution in [0.2, 0.25) is 0 Å². The van der Waals surface area contributed by atoms with E-state index >= 15 is 0 Å². The van der Waals surface area contributed by atoms with E-state index in [0.717, 1.165) is 43.8 Å². The first kappa shape index (κ1) is 15.1. The largest absolute Gasteiger partial charge is 0.381 e. The lowest BCUT2D eigenvalue weighted by atomic mass is 9.86. The molecule has 2 aromatic rings. The third kappa shape index (κ3) is 2.86. The van der Waals surface area contributed by atoms with Gasteiger partial charge in [-0.15, -0.1) is 0 Å². The van der Waals surface area contributed by atoms with Gasteiger partial charge in [-0.1, -0.05) is 20.8 Å². The van der Waals surface area contributed by atoms with Crippen LogP contribution in [0.15, 0.2) is 18.3 Å². The molecule has 4 nitrogen and oxygen atoms in total. The molecule has 1 fully saturated rings. The summed E-state index contributed by atoms with van der Waals surface area (Å²) in [7, 11) is 0. The molecule has 0 saturated carbocycles. The lowest BCUT2D eigenvalue weighted by Gasteiger charge is -2.24. The summed E-state index contributed by atoms with van der Waals surface area (Å²) < 4.78 is 7.64. The molecule has 4 heteroatoms. The molecular weight excluding hydrogens is 274 g/mol. The van der Waals surface area contributed by atoms with Crippen LogP contribution < -0.4 is 0 Å². The molecule has 0 spiro atoms. The van der Waals surface area contributed by atoms with Crippen molar-refractivity contribution in [2.24, 2.45) is 5.92 Å². The highest BCUT2D eigenvalue weighted by molar-refractivity contribution is 5.50. The first-order valence-corrected chi connectivity index (χ1v) is 7.98. The first-order chi connectivity index (χ1) is 10.5. The highest BCUT2D eigenvalue weighted by Crippen LogP contribution is 2.30. The molecule has 1 aliphatic heterocycles. The number of rotatable bonds is 2. The van der Waals surface area contributed by atoms with Crippen LogP contribution in [0.1, 0.15) is 50.6 Å². The van der Waals surface area contributed by atoms with Gasteiger partial charge in [0.05, 0.1) is 17.3 Å². The molecule has 0 unspecified atom stereocenters. The molecule has 0 aliphatic carbocycles. The average molecular weight is 297 g/mol. The zero-order chi connectivity index (χ0) is 15.7. The van der Waals surface area contributed by atoms with Crippen LogP contribution in [0.4, 0.5) is 0 Å². The SMILES string of the molecule is CC(C)(C)c1nc2cc(C#N)ccn2c1CC1CCOCC1. The Kier molecular flexibility index (Phi) is 3.92. The Morgan fingerprint density at radius 1 is 1.36 bits per heavy atom. The Balaban J connectivity index is 2.06. The molecule has 0 bridgehead atoms. The van der Waals surface area contributed by atoms with Gasteiger partial charge in [0.15, 0.2) is 0 Å². The van der Waals surface area contributed by atoms with Gasteiger partial charge >= 0.3 is 0 Å². The van der Waals surface area contributed by atoms with Crippen LogP contribution >= 0.6 is 0 Å². The van der Waals surface area contributed by atoms with Crippen LogP contribution in [0.3, 0.4) is 0 Å². The van der Waals surface area contributed by atoms with Crippen molar-refractivity contribution in [1.82, 2.24) is 9.38 Å². The van der Waals surface area contributed by atoms with Crippen molar-refractivity contribution in [3.05, 3.63) is 35.3 Å². The second-order valence-corrected chi connectivity index (χ2v) is 7.17. The number of pyridine rings is 1. The minimum absolute atomic E-state index is 0.000668. The maximum absolute atomic E-state index is 9.09. The number of ether oxygens (including phenoxy) is 1. The molecule has 116 valence electrons. The second kappa shape index (κ2) is 5.73. The van der Waals surface area contributed by atoms with Gasteiger partial charge in [0, 0.05) is 30.5 Å². The zero-order valence-corrected chi connectivity index (χ0v) is 13.6. The van der Waals surface area contributed by atoms with Crippen molar-refractivity contribution < 1.29 is 4.74 Å². The molecule has 3 rings (SSSR count). The fourth-order valence-corrected chi connectivity index (χ4v) is 3.18. The van der Waals surface area contributed by atoms with E-state index in [-0.39, 0.29) is 5.41 Å². The number of nitriles is 1. The highest BCUT2D eigenvalue weighted by Gasteiger charge is 2.26. The monoisotopic (exact) mass is 297 g/mol. The predicted molar refractivity (Wildman–Crippen MR) is 85.9 cm³/mol. The van der Waals surface area contributed by atoms with Crippen LogP contribution in [-0.4, -0.2) is 22.6 Å². The minimum atomic E-state index is -0.000668. The standard InChI is InChI=1S/C18H23N3O/c1-18(2,3)17-15(10-13-5-8-22-9-6-13)21-7-4-14(12-19)11-16(21)20-17/h4,7,11,13H,5-6,8-10H2,1-3H3. The third-order valence-electron chi connectivity index (χ3n) is 4.39. The van der Waals surface area contributed by atoms with Crippen molar-refractivity contribution >= 4 is 5.65 Å². The van der Waals surface area contributed by atoms with E-state index in [9.17, 15) is 0 Å². The van der Waals surface area contributed by atoms with Gasteiger partial charge in [0.1, 0.15) is 5.65 Å². The predicted octanol–water partition coefficient (Wildman–Crippen LogP) is 3.47. The van der Waals surface area contributed by atoms with E-state index in [1.807, 2.05) is 18.3 Å². The Hall–Kier alpha value is -1.86. The van der Waals surface area contributed by atoms with Crippen molar-refractivity contribution in [2.45, 2.75) is 45.4 Å². The maximum atomic E-state index is 9.09. The smallest absolute Gasteiger partial charge is 0.138 e. The summed E-state index contributed by atoms with van der Waals surface area (Å²) in [6.45, 7) is 8.34. The van der Waals surface area contributed by atoms with E-state index in [4.69, 9.17) is 15.0 Å². The summed E-state index contributed by atoms with van der Waals surface area (Å²) in [5, 5.41) is 9.09. The molecular formula is C18H23N3O. The summed E-state index contributed by atoms with van der Waals surface area (Å²) in [6, 6.07) is 5.95. The Morgan fingerprint density at radius 2 is 2.09 bits per heavy atom. The number of hydrogen-bond donors (Lipinski definition) is 0. The van der Waals surface area contributed by atoms with E-state index in [0.29, 0.717) is 11.5 Å². The van der Waals surface area contributed by atoms with Crippen molar-refractivity contribution in [1.29, 1.82) is 5.26 Å². The Bertz CT molecular complexity index is 712. The van der Waals surface area contributed by atoms with Gasteiger partial charge in [0.25, 0.3) is 0 Å². The maximum Gasteiger partial charge on any atom is 0.138 e. The van der Waals surface area contributed by atoms with Crippen molar-refractivity contribution in [3.8, 4) is 6.07 Å². The topological polar surface area (TPSA) is 50.3 Å². The lowest BCUT2D eigenvalue weighted by Crippen LogP contribution is -2.21. The van der Waals surface area contributed by atoms with Crippen molar-refractivity contribution in [2.75, 3.05) is 13.2 Å². The number of fused-ring (bicyclic) bond motifs is 1. The molecule has 22 heavy (non-hydrogen) atoms. The Labute approximate surface area is 131 Å². The van der Waals surface area contributed by atoms with Gasteiger partial charge in [-0.05, 0) is 37.3 Å². The summed E-state index contributed by atoms with van der Waals surface area (Å²) in [5.41, 5.74) is 3.98. The van der Waals surface area contributed by atoms with E-state index in [1.54, 1.807) is 0 Å². The quantitative estimate of drug-likeness (QED) is 0.852. The van der Waals surface area contributed by atoms with Gasteiger partial charge < -0.3 is 9.14 Å². The van der Waals surface area contributed by atoms with Gasteiger partial charge in [-0.25, -0.2) is 4.98 Å². The molecule has 0 radical (unpaired) electrons. The summed E-state index contributed by atoms with van der Waals surface area (Å²) >= 11 is 0. The number of hydrogen-bond acceptors (Lipinski definition) is 3. The third-order valence-corrected chi connectivity index (χ3v) is 4.39. The normalized spacial score (nSPS) is 16.8. The molecule has 2 aromatic heterocycles. The molecule has 0 N–H and O–H groups in total. The Morgan fingerprint density at radius 3 is 2.73 bits per heavy atom. The van der Waals surface area contributed by atoms with E-state index < -0.39 is 0 Å². The van der Waals surface area contributed by atoms with Gasteiger partial charge in [-0.2, -0.15) is 5.26 Å². The summed E-state index contributed by atoms with van der Waals surface area (Å²) in [4.78, 5) is 4.84. The average Bonchev–Trinajstić information content (AvgIpc) is 2.86. The minimum Gasteiger partial charge on any atom is -0.381 e.